The summed E-state index contributed by atoms with van der Waals surface area (Å²) in [6.45, 7) is 1.48. The smallest absolute Gasteiger partial charge is 0.303 e. The number of nitriles is 1. The van der Waals surface area contributed by atoms with Crippen molar-refractivity contribution in [3.8, 4) is 6.07 Å². The number of aromatic nitrogens is 1. The second-order valence-corrected chi connectivity index (χ2v) is 4.18. The molecule has 88 valence electrons. The topological polar surface area (TPSA) is 77.2 Å². The first-order valence-electron chi connectivity index (χ1n) is 5.52. The number of pyridine rings is 1. The summed E-state index contributed by atoms with van der Waals surface area (Å²) >= 11 is 0. The number of anilines is 1. The van der Waals surface area contributed by atoms with E-state index in [1.54, 1.807) is 12.3 Å². The molecule has 0 radical (unpaired) electrons. The van der Waals surface area contributed by atoms with Crippen molar-refractivity contribution in [1.29, 1.82) is 5.26 Å². The molecule has 1 saturated heterocycles. The van der Waals surface area contributed by atoms with Gasteiger partial charge >= 0.3 is 5.97 Å². The average Bonchev–Trinajstić information content (AvgIpc) is 2.76. The van der Waals surface area contributed by atoms with Crippen molar-refractivity contribution < 1.29 is 9.90 Å². The minimum absolute atomic E-state index is 0.166. The number of carboxylic acids is 1. The summed E-state index contributed by atoms with van der Waals surface area (Å²) in [6, 6.07) is 5.71. The lowest BCUT2D eigenvalue weighted by Crippen LogP contribution is -2.21. The van der Waals surface area contributed by atoms with Gasteiger partial charge in [0.1, 0.15) is 6.07 Å². The molecule has 1 aliphatic heterocycles. The second-order valence-electron chi connectivity index (χ2n) is 4.18. The van der Waals surface area contributed by atoms with E-state index in [4.69, 9.17) is 10.4 Å². The molecule has 1 N–H and O–H groups in total. The van der Waals surface area contributed by atoms with Gasteiger partial charge in [0.2, 0.25) is 0 Å². The van der Waals surface area contributed by atoms with Crippen LogP contribution < -0.4 is 4.90 Å². The molecule has 0 bridgehead atoms. The van der Waals surface area contributed by atoms with Crippen molar-refractivity contribution in [2.45, 2.75) is 12.8 Å². The van der Waals surface area contributed by atoms with Gasteiger partial charge in [0.05, 0.1) is 5.69 Å². The van der Waals surface area contributed by atoms with Crippen LogP contribution in [0.2, 0.25) is 0 Å². The van der Waals surface area contributed by atoms with Crippen LogP contribution in [0.4, 0.5) is 5.69 Å². The average molecular weight is 231 g/mol. The zero-order chi connectivity index (χ0) is 12.3. The van der Waals surface area contributed by atoms with Gasteiger partial charge < -0.3 is 10.0 Å². The van der Waals surface area contributed by atoms with Gasteiger partial charge in [0, 0.05) is 25.7 Å². The Balaban J connectivity index is 2.10. The molecule has 17 heavy (non-hydrogen) atoms. The van der Waals surface area contributed by atoms with E-state index in [2.05, 4.69) is 11.1 Å². The maximum Gasteiger partial charge on any atom is 0.303 e. The fourth-order valence-electron chi connectivity index (χ4n) is 2.20. The lowest BCUT2D eigenvalue weighted by molar-refractivity contribution is -0.137. The summed E-state index contributed by atoms with van der Waals surface area (Å²) in [5, 5.41) is 17.7. The van der Waals surface area contributed by atoms with Gasteiger partial charge in [-0.25, -0.2) is 4.98 Å². The summed E-state index contributed by atoms with van der Waals surface area (Å²) in [5.74, 6) is -0.595. The summed E-state index contributed by atoms with van der Waals surface area (Å²) < 4.78 is 0. The molecule has 1 aromatic heterocycles. The van der Waals surface area contributed by atoms with Crippen molar-refractivity contribution in [2.75, 3.05) is 18.0 Å². The molecule has 1 aromatic rings. The quantitative estimate of drug-likeness (QED) is 0.847. The number of rotatable bonds is 3. The third-order valence-electron chi connectivity index (χ3n) is 2.98. The molecule has 0 spiro atoms. The predicted molar refractivity (Wildman–Crippen MR) is 61.5 cm³/mol. The third kappa shape index (κ3) is 2.53. The maximum atomic E-state index is 10.6. The van der Waals surface area contributed by atoms with Gasteiger partial charge in [-0.15, -0.1) is 0 Å². The van der Waals surface area contributed by atoms with Gasteiger partial charge in [-0.2, -0.15) is 5.26 Å². The highest BCUT2D eigenvalue weighted by Crippen LogP contribution is 2.27. The van der Waals surface area contributed by atoms with Crippen LogP contribution in [0.1, 0.15) is 18.5 Å². The van der Waals surface area contributed by atoms with Gasteiger partial charge in [0.15, 0.2) is 5.69 Å². The number of carbonyl (C=O) groups is 1. The van der Waals surface area contributed by atoms with Crippen molar-refractivity contribution in [3.05, 3.63) is 24.0 Å². The van der Waals surface area contributed by atoms with Gasteiger partial charge in [0.25, 0.3) is 0 Å². The molecular formula is C12H13N3O2. The minimum atomic E-state index is -0.761. The van der Waals surface area contributed by atoms with E-state index in [0.29, 0.717) is 12.2 Å². The van der Waals surface area contributed by atoms with Crippen molar-refractivity contribution >= 4 is 11.7 Å². The lowest BCUT2D eigenvalue weighted by Gasteiger charge is -2.18. The number of aliphatic carboxylic acids is 1. The van der Waals surface area contributed by atoms with Crippen LogP contribution >= 0.6 is 0 Å². The van der Waals surface area contributed by atoms with Gasteiger partial charge in [-0.3, -0.25) is 4.79 Å². The van der Waals surface area contributed by atoms with E-state index in [1.165, 1.54) is 0 Å². The number of hydrogen-bond donors (Lipinski definition) is 1. The molecular weight excluding hydrogens is 218 g/mol. The number of nitrogens with zero attached hydrogens (tertiary/aromatic N) is 3. The molecule has 1 unspecified atom stereocenters. The molecule has 0 amide bonds. The Hall–Kier alpha value is -2.09. The zero-order valence-electron chi connectivity index (χ0n) is 9.33. The highest BCUT2D eigenvalue weighted by atomic mass is 16.4. The van der Waals surface area contributed by atoms with Crippen molar-refractivity contribution in [3.63, 3.8) is 0 Å². The third-order valence-corrected chi connectivity index (χ3v) is 2.98. The Bertz CT molecular complexity index is 467. The Morgan fingerprint density at radius 1 is 1.71 bits per heavy atom. The van der Waals surface area contributed by atoms with Crippen molar-refractivity contribution in [2.24, 2.45) is 5.92 Å². The van der Waals surface area contributed by atoms with Crippen LogP contribution in [-0.4, -0.2) is 29.1 Å². The molecule has 1 aliphatic rings. The van der Waals surface area contributed by atoms with Crippen LogP contribution in [0.15, 0.2) is 18.3 Å². The second kappa shape index (κ2) is 4.83. The molecule has 1 fully saturated rings. The fraction of sp³-hybridized carbons (Fsp3) is 0.417. The monoisotopic (exact) mass is 231 g/mol. The highest BCUT2D eigenvalue weighted by molar-refractivity contribution is 5.67. The highest BCUT2D eigenvalue weighted by Gasteiger charge is 2.26. The summed E-state index contributed by atoms with van der Waals surface area (Å²) in [6.07, 6.45) is 2.64. The van der Waals surface area contributed by atoms with Crippen LogP contribution in [0.5, 0.6) is 0 Å². The first-order chi connectivity index (χ1) is 8.20. The summed E-state index contributed by atoms with van der Waals surface area (Å²) in [5.41, 5.74) is 1.21. The summed E-state index contributed by atoms with van der Waals surface area (Å²) in [4.78, 5) is 16.7. The largest absolute Gasteiger partial charge is 0.481 e. The first kappa shape index (κ1) is 11.4. The normalized spacial score (nSPS) is 19.0. The fourth-order valence-corrected chi connectivity index (χ4v) is 2.20. The zero-order valence-corrected chi connectivity index (χ0v) is 9.33. The summed E-state index contributed by atoms with van der Waals surface area (Å²) in [7, 11) is 0. The first-order valence-corrected chi connectivity index (χ1v) is 5.52. The maximum absolute atomic E-state index is 10.6. The van der Waals surface area contributed by atoms with E-state index < -0.39 is 5.97 Å². The van der Waals surface area contributed by atoms with E-state index >= 15 is 0 Å². The van der Waals surface area contributed by atoms with E-state index in [9.17, 15) is 4.79 Å². The van der Waals surface area contributed by atoms with Crippen LogP contribution in [0, 0.1) is 17.2 Å². The Kier molecular flexibility index (Phi) is 3.24. The predicted octanol–water partition coefficient (Wildman–Crippen LogP) is 1.25. The van der Waals surface area contributed by atoms with Crippen LogP contribution in [0.25, 0.3) is 0 Å². The molecule has 2 heterocycles. The molecule has 0 aliphatic carbocycles. The molecule has 0 aromatic carbocycles. The standard InChI is InChI=1S/C12H13N3O2/c13-7-10-11(2-1-4-14-10)15-5-3-9(8-15)6-12(16)17/h1-2,4,9H,3,5-6,8H2,(H,16,17). The van der Waals surface area contributed by atoms with Gasteiger partial charge in [-0.1, -0.05) is 0 Å². The molecule has 1 atom stereocenters. The molecule has 2 rings (SSSR count). The number of carboxylic acid groups (broad SMARTS) is 1. The van der Waals surface area contributed by atoms with E-state index in [-0.39, 0.29) is 12.3 Å². The molecule has 0 saturated carbocycles. The van der Waals surface area contributed by atoms with E-state index in [1.807, 2.05) is 11.0 Å². The minimum Gasteiger partial charge on any atom is -0.481 e. The number of hydrogen-bond acceptors (Lipinski definition) is 4. The van der Waals surface area contributed by atoms with E-state index in [0.717, 1.165) is 18.7 Å². The SMILES string of the molecule is N#Cc1ncccc1N1CCC(CC(=O)O)C1. The Morgan fingerprint density at radius 2 is 2.53 bits per heavy atom. The Morgan fingerprint density at radius 3 is 3.24 bits per heavy atom. The lowest BCUT2D eigenvalue weighted by atomic mass is 10.1. The van der Waals surface area contributed by atoms with Gasteiger partial charge in [-0.05, 0) is 24.5 Å². The molecule has 5 nitrogen and oxygen atoms in total. The Labute approximate surface area is 99.3 Å². The molecule has 5 heteroatoms. The van der Waals surface area contributed by atoms with Crippen LogP contribution in [0.3, 0.4) is 0 Å². The van der Waals surface area contributed by atoms with Crippen molar-refractivity contribution in [1.82, 2.24) is 4.98 Å². The van der Waals surface area contributed by atoms with Crippen LogP contribution in [-0.2, 0) is 4.79 Å².